The summed E-state index contributed by atoms with van der Waals surface area (Å²) in [6.45, 7) is 0. The molecule has 6 heteroatoms. The van der Waals surface area contributed by atoms with Gasteiger partial charge < -0.3 is 10.5 Å². The molecular weight excluding hydrogens is 246 g/mol. The lowest BCUT2D eigenvalue weighted by molar-refractivity contribution is 0.0595. The number of nitrogens with two attached hydrogens (primary N) is 1. The van der Waals surface area contributed by atoms with Crippen LogP contribution in [0.1, 0.15) is 10.5 Å². The number of halogens is 1. The summed E-state index contributed by atoms with van der Waals surface area (Å²) in [6, 6.07) is 7.57. The van der Waals surface area contributed by atoms with E-state index in [0.717, 1.165) is 6.07 Å². The first kappa shape index (κ1) is 13.1. The van der Waals surface area contributed by atoms with Crippen LogP contribution in [0.3, 0.4) is 0 Å². The first-order chi connectivity index (χ1) is 9.02. The minimum atomic E-state index is -0.720. The predicted octanol–water partition coefficient (Wildman–Crippen LogP) is 1.05. The molecule has 2 N–H and O–H groups in total. The zero-order chi connectivity index (χ0) is 14.0. The van der Waals surface area contributed by atoms with Crippen molar-refractivity contribution in [2.45, 2.75) is 0 Å². The number of pyridine rings is 1. The third kappa shape index (κ3) is 2.57. The average molecular weight is 256 g/mol. The zero-order valence-corrected chi connectivity index (χ0v) is 10.2. The number of anilines is 1. The lowest BCUT2D eigenvalue weighted by Crippen LogP contribution is -2.11. The molecular formula is C13H10BFN2O2. The average Bonchev–Trinajstić information content (AvgIpc) is 2.38. The number of methoxy groups -OCH3 is 1. The van der Waals surface area contributed by atoms with Gasteiger partial charge in [-0.25, -0.2) is 14.2 Å². The van der Waals surface area contributed by atoms with Crippen molar-refractivity contribution in [3.8, 4) is 11.3 Å². The van der Waals surface area contributed by atoms with Crippen molar-refractivity contribution in [3.05, 3.63) is 41.8 Å². The number of aromatic nitrogens is 1. The third-order valence-corrected chi connectivity index (χ3v) is 2.54. The number of hydrogen-bond acceptors (Lipinski definition) is 4. The highest BCUT2D eigenvalue weighted by Gasteiger charge is 2.17. The normalized spacial score (nSPS) is 10.2. The number of nitrogen functional groups attached to an aromatic ring is 1. The topological polar surface area (TPSA) is 65.2 Å². The summed E-state index contributed by atoms with van der Waals surface area (Å²) in [5.74, 6) is -1.35. The number of benzene rings is 1. The number of hydrogen-bond donors (Lipinski definition) is 1. The van der Waals surface area contributed by atoms with E-state index in [2.05, 4.69) is 9.72 Å². The first-order valence-electron chi connectivity index (χ1n) is 5.43. The second-order valence-electron chi connectivity index (χ2n) is 3.87. The van der Waals surface area contributed by atoms with Crippen LogP contribution in [0.5, 0.6) is 0 Å². The van der Waals surface area contributed by atoms with Crippen LogP contribution in [-0.2, 0) is 4.74 Å². The van der Waals surface area contributed by atoms with Crippen LogP contribution >= 0.6 is 0 Å². The largest absolute Gasteiger partial charge is 0.464 e. The van der Waals surface area contributed by atoms with E-state index < -0.39 is 11.8 Å². The second kappa shape index (κ2) is 5.10. The summed E-state index contributed by atoms with van der Waals surface area (Å²) in [5, 5.41) is 0. The highest BCUT2D eigenvalue weighted by molar-refractivity contribution is 6.32. The minimum Gasteiger partial charge on any atom is -0.464 e. The van der Waals surface area contributed by atoms with Gasteiger partial charge in [0.1, 0.15) is 13.5 Å². The molecule has 0 amide bonds. The maximum atomic E-state index is 13.9. The first-order valence-corrected chi connectivity index (χ1v) is 5.43. The van der Waals surface area contributed by atoms with Gasteiger partial charge in [0.05, 0.1) is 12.8 Å². The van der Waals surface area contributed by atoms with Crippen LogP contribution in [0.25, 0.3) is 11.3 Å². The quantitative estimate of drug-likeness (QED) is 0.644. The number of carbonyl (C=O) groups is 1. The molecule has 94 valence electrons. The molecule has 0 aliphatic rings. The molecule has 0 saturated carbocycles. The van der Waals surface area contributed by atoms with Crippen molar-refractivity contribution in [1.82, 2.24) is 4.98 Å². The maximum absolute atomic E-state index is 13.9. The molecule has 0 fully saturated rings. The Balaban J connectivity index is 2.61. The number of esters is 1. The summed E-state index contributed by atoms with van der Waals surface area (Å²) in [7, 11) is 6.83. The summed E-state index contributed by atoms with van der Waals surface area (Å²) in [6.07, 6.45) is 0. The predicted molar refractivity (Wildman–Crippen MR) is 70.8 cm³/mol. The van der Waals surface area contributed by atoms with Gasteiger partial charge in [0, 0.05) is 11.6 Å². The Hall–Kier alpha value is -2.37. The molecule has 0 atom stereocenters. The Bertz CT molecular complexity index is 647. The lowest BCUT2D eigenvalue weighted by Gasteiger charge is -2.08. The fourth-order valence-corrected chi connectivity index (χ4v) is 1.65. The minimum absolute atomic E-state index is 0.00176. The monoisotopic (exact) mass is 256 g/mol. The van der Waals surface area contributed by atoms with Gasteiger partial charge in [0.2, 0.25) is 0 Å². The molecule has 0 saturated heterocycles. The Morgan fingerprint density at radius 3 is 2.79 bits per heavy atom. The van der Waals surface area contributed by atoms with Crippen LogP contribution in [0.15, 0.2) is 30.3 Å². The van der Waals surface area contributed by atoms with Crippen molar-refractivity contribution in [2.24, 2.45) is 0 Å². The Labute approximate surface area is 110 Å². The maximum Gasteiger partial charge on any atom is 0.358 e. The van der Waals surface area contributed by atoms with E-state index in [1.165, 1.54) is 7.11 Å². The van der Waals surface area contributed by atoms with Gasteiger partial charge in [-0.15, -0.1) is 0 Å². The van der Waals surface area contributed by atoms with Crippen molar-refractivity contribution < 1.29 is 13.9 Å². The van der Waals surface area contributed by atoms with Gasteiger partial charge in [-0.05, 0) is 0 Å². The summed E-state index contributed by atoms with van der Waals surface area (Å²) in [4.78, 5) is 15.4. The van der Waals surface area contributed by atoms with Crippen molar-refractivity contribution in [1.29, 1.82) is 0 Å². The van der Waals surface area contributed by atoms with Gasteiger partial charge >= 0.3 is 5.97 Å². The molecule has 2 rings (SSSR count). The second-order valence-corrected chi connectivity index (χ2v) is 3.87. The number of nitrogens with zero attached hydrogens (tertiary/aromatic N) is 1. The van der Waals surface area contributed by atoms with Crippen molar-refractivity contribution in [2.75, 3.05) is 12.8 Å². The van der Waals surface area contributed by atoms with Crippen LogP contribution in [0, 0.1) is 5.82 Å². The van der Waals surface area contributed by atoms with Crippen LogP contribution in [0.2, 0.25) is 0 Å². The van der Waals surface area contributed by atoms with E-state index in [1.807, 2.05) is 0 Å². The van der Waals surface area contributed by atoms with Crippen molar-refractivity contribution >= 4 is 25.0 Å². The summed E-state index contributed by atoms with van der Waals surface area (Å²) in [5.41, 5.74) is 6.28. The molecule has 2 aromatic rings. The highest BCUT2D eigenvalue weighted by atomic mass is 19.1. The molecule has 1 aromatic carbocycles. The van der Waals surface area contributed by atoms with Gasteiger partial charge in [0.25, 0.3) is 0 Å². The van der Waals surface area contributed by atoms with E-state index in [0.29, 0.717) is 11.0 Å². The molecule has 19 heavy (non-hydrogen) atoms. The molecule has 4 nitrogen and oxygen atoms in total. The van der Waals surface area contributed by atoms with E-state index in [9.17, 15) is 9.18 Å². The van der Waals surface area contributed by atoms with Crippen molar-refractivity contribution in [3.63, 3.8) is 0 Å². The molecule has 0 aliphatic carbocycles. The Morgan fingerprint density at radius 1 is 1.42 bits per heavy atom. The standard InChI is InChI=1S/C13H10BFN2O2/c1-19-13(18)12-10(16)6-9(15)11(17-12)7-3-2-4-8(14)5-7/h2-6H,16H2,1H3. The van der Waals surface area contributed by atoms with E-state index in [-0.39, 0.29) is 17.1 Å². The lowest BCUT2D eigenvalue weighted by atomic mass is 9.93. The molecule has 0 bridgehead atoms. The van der Waals surface area contributed by atoms with E-state index in [4.69, 9.17) is 13.6 Å². The fraction of sp³-hybridized carbons (Fsp3) is 0.0769. The number of ether oxygens (including phenoxy) is 1. The third-order valence-electron chi connectivity index (χ3n) is 2.54. The molecule has 0 spiro atoms. The number of rotatable bonds is 2. The highest BCUT2D eigenvalue weighted by Crippen LogP contribution is 2.23. The van der Waals surface area contributed by atoms with Crippen LogP contribution in [-0.4, -0.2) is 25.9 Å². The molecule has 1 aromatic heterocycles. The Kier molecular flexibility index (Phi) is 3.51. The summed E-state index contributed by atoms with van der Waals surface area (Å²) >= 11 is 0. The van der Waals surface area contributed by atoms with E-state index >= 15 is 0 Å². The van der Waals surface area contributed by atoms with Gasteiger partial charge in [-0.3, -0.25) is 0 Å². The van der Waals surface area contributed by atoms with Gasteiger partial charge in [-0.1, -0.05) is 29.7 Å². The Morgan fingerprint density at radius 2 is 2.16 bits per heavy atom. The smallest absolute Gasteiger partial charge is 0.358 e. The molecule has 2 radical (unpaired) electrons. The van der Waals surface area contributed by atoms with Crippen LogP contribution < -0.4 is 11.2 Å². The fourth-order valence-electron chi connectivity index (χ4n) is 1.65. The molecule has 0 unspecified atom stereocenters. The van der Waals surface area contributed by atoms with Crippen LogP contribution in [0.4, 0.5) is 10.1 Å². The number of carbonyl (C=O) groups excluding carboxylic acids is 1. The summed E-state index contributed by atoms with van der Waals surface area (Å²) < 4.78 is 18.4. The van der Waals surface area contributed by atoms with Gasteiger partial charge in [0.15, 0.2) is 11.5 Å². The SMILES string of the molecule is [B]c1cccc(-c2nc(C(=O)OC)c(N)cc2F)c1. The van der Waals surface area contributed by atoms with Gasteiger partial charge in [-0.2, -0.15) is 0 Å². The zero-order valence-electron chi connectivity index (χ0n) is 10.2. The molecule has 0 aliphatic heterocycles. The molecule has 1 heterocycles. The van der Waals surface area contributed by atoms with E-state index in [1.54, 1.807) is 24.3 Å².